The third-order valence-corrected chi connectivity index (χ3v) is 5.76. The van der Waals surface area contributed by atoms with Gasteiger partial charge in [-0.1, -0.05) is 23.8 Å². The van der Waals surface area contributed by atoms with Gasteiger partial charge in [0.15, 0.2) is 0 Å². The Morgan fingerprint density at radius 3 is 2.56 bits per heavy atom. The van der Waals surface area contributed by atoms with Crippen LogP contribution in [-0.4, -0.2) is 48.2 Å². The molecule has 4 heterocycles. The monoisotopic (exact) mass is 469 g/mol. The third kappa shape index (κ3) is 4.84. The van der Waals surface area contributed by atoms with Crippen molar-refractivity contribution in [2.45, 2.75) is 38.8 Å². The number of aromatic nitrogens is 6. The number of piperidine rings is 1. The lowest BCUT2D eigenvalue weighted by atomic mass is 10.1. The quantitative estimate of drug-likeness (QED) is 0.394. The minimum absolute atomic E-state index is 0.0303. The van der Waals surface area contributed by atoms with Crippen LogP contribution in [0.4, 0.5) is 13.2 Å². The van der Waals surface area contributed by atoms with Gasteiger partial charge in [0.05, 0.1) is 24.0 Å². The fourth-order valence-corrected chi connectivity index (χ4v) is 4.01. The van der Waals surface area contributed by atoms with E-state index >= 15 is 4.39 Å². The van der Waals surface area contributed by atoms with Gasteiger partial charge in [-0.2, -0.15) is 8.78 Å². The summed E-state index contributed by atoms with van der Waals surface area (Å²) in [6.45, 7) is 2.87. The van der Waals surface area contributed by atoms with Gasteiger partial charge < -0.3 is 4.42 Å². The van der Waals surface area contributed by atoms with E-state index < -0.39 is 12.3 Å². The number of benzene rings is 1. The highest BCUT2D eigenvalue weighted by molar-refractivity contribution is 5.60. The average Bonchev–Trinajstić information content (AvgIpc) is 3.52. The Balaban J connectivity index is 1.28. The van der Waals surface area contributed by atoms with E-state index in [-0.39, 0.29) is 11.7 Å². The molecular weight excluding hydrogens is 447 g/mol. The van der Waals surface area contributed by atoms with Crippen molar-refractivity contribution in [3.8, 4) is 22.7 Å². The van der Waals surface area contributed by atoms with Gasteiger partial charge in [-0.05, 0) is 44.1 Å². The van der Waals surface area contributed by atoms with Gasteiger partial charge in [-0.15, -0.1) is 15.3 Å². The summed E-state index contributed by atoms with van der Waals surface area (Å²) in [7, 11) is 0. The van der Waals surface area contributed by atoms with Crippen LogP contribution >= 0.6 is 0 Å². The van der Waals surface area contributed by atoms with Gasteiger partial charge in [0.1, 0.15) is 11.5 Å². The maximum atomic E-state index is 15.2. The lowest BCUT2D eigenvalue weighted by molar-refractivity contribution is 0.116. The highest BCUT2D eigenvalue weighted by Gasteiger charge is 2.18. The number of alkyl halides is 2. The lowest BCUT2D eigenvalue weighted by Gasteiger charge is -2.26. The zero-order valence-corrected chi connectivity index (χ0v) is 18.2. The first-order valence-electron chi connectivity index (χ1n) is 11.0. The first kappa shape index (κ1) is 22.2. The second-order valence-corrected chi connectivity index (χ2v) is 8.20. The fourth-order valence-electron chi connectivity index (χ4n) is 4.01. The Morgan fingerprint density at radius 1 is 0.971 bits per heavy atom. The summed E-state index contributed by atoms with van der Waals surface area (Å²) in [4.78, 5) is 6.58. The predicted molar refractivity (Wildman–Crippen MR) is 116 cm³/mol. The molecule has 34 heavy (non-hydrogen) atoms. The van der Waals surface area contributed by atoms with E-state index in [1.807, 2.05) is 12.1 Å². The fraction of sp³-hybridized carbons (Fsp3) is 0.348. The molecule has 0 saturated carbocycles. The SMILES string of the molecule is Fc1c(CN2CCCCC2)cccc1-c1cn(Cc2ccc(-c3nnc(C(F)F)o3)cn2)nn1. The lowest BCUT2D eigenvalue weighted by Crippen LogP contribution is -2.29. The largest absolute Gasteiger partial charge is 0.415 e. The molecule has 176 valence electrons. The average molecular weight is 469 g/mol. The maximum Gasteiger partial charge on any atom is 0.314 e. The van der Waals surface area contributed by atoms with E-state index in [9.17, 15) is 8.78 Å². The molecule has 0 spiro atoms. The first-order valence-corrected chi connectivity index (χ1v) is 11.0. The Bertz CT molecular complexity index is 1250. The predicted octanol–water partition coefficient (Wildman–Crippen LogP) is 4.50. The van der Waals surface area contributed by atoms with Gasteiger partial charge in [0, 0.05) is 23.9 Å². The van der Waals surface area contributed by atoms with Gasteiger partial charge in [0.25, 0.3) is 5.89 Å². The Morgan fingerprint density at radius 2 is 1.82 bits per heavy atom. The molecule has 0 atom stereocenters. The highest BCUT2D eigenvalue weighted by atomic mass is 19.3. The zero-order valence-electron chi connectivity index (χ0n) is 18.2. The van der Waals surface area contributed by atoms with Gasteiger partial charge in [0.2, 0.25) is 5.89 Å². The molecule has 11 heteroatoms. The van der Waals surface area contributed by atoms with Crippen molar-refractivity contribution in [2.24, 2.45) is 0 Å². The summed E-state index contributed by atoms with van der Waals surface area (Å²) in [6.07, 6.45) is 3.83. The van der Waals surface area contributed by atoms with Crippen molar-refractivity contribution in [1.82, 2.24) is 35.1 Å². The molecule has 3 aromatic heterocycles. The molecule has 0 amide bonds. The third-order valence-electron chi connectivity index (χ3n) is 5.76. The molecule has 0 bridgehead atoms. The van der Waals surface area contributed by atoms with E-state index in [1.165, 1.54) is 12.6 Å². The van der Waals surface area contributed by atoms with E-state index in [0.717, 1.165) is 25.9 Å². The number of likely N-dealkylation sites (tertiary alicyclic amines) is 1. The molecule has 4 aromatic rings. The number of hydrogen-bond acceptors (Lipinski definition) is 7. The second kappa shape index (κ2) is 9.72. The Kier molecular flexibility index (Phi) is 6.35. The Hall–Kier alpha value is -3.60. The number of halogens is 3. The summed E-state index contributed by atoms with van der Waals surface area (Å²) in [5, 5.41) is 15.2. The zero-order chi connectivity index (χ0) is 23.5. The van der Waals surface area contributed by atoms with Gasteiger partial charge in [-0.25, -0.2) is 9.07 Å². The molecule has 1 aliphatic heterocycles. The molecule has 5 rings (SSSR count). The van der Waals surface area contributed by atoms with E-state index in [0.29, 0.717) is 41.2 Å². The van der Waals surface area contributed by atoms with Crippen molar-refractivity contribution in [3.63, 3.8) is 0 Å². The molecule has 8 nitrogen and oxygen atoms in total. The second-order valence-electron chi connectivity index (χ2n) is 8.20. The van der Waals surface area contributed by atoms with E-state index in [1.54, 1.807) is 29.1 Å². The van der Waals surface area contributed by atoms with E-state index in [2.05, 4.69) is 30.4 Å². The van der Waals surface area contributed by atoms with Crippen molar-refractivity contribution >= 4 is 0 Å². The topological polar surface area (TPSA) is 85.8 Å². The molecule has 0 radical (unpaired) electrons. The highest BCUT2D eigenvalue weighted by Crippen LogP contribution is 2.26. The summed E-state index contributed by atoms with van der Waals surface area (Å²) in [6, 6.07) is 8.70. The van der Waals surface area contributed by atoms with Crippen LogP contribution < -0.4 is 0 Å². The van der Waals surface area contributed by atoms with Gasteiger partial charge in [-0.3, -0.25) is 9.88 Å². The molecule has 1 saturated heterocycles. The molecule has 1 aromatic carbocycles. The normalized spacial score (nSPS) is 14.7. The maximum absolute atomic E-state index is 15.2. The summed E-state index contributed by atoms with van der Waals surface area (Å²) in [5.74, 6) is -1.04. The summed E-state index contributed by atoms with van der Waals surface area (Å²) >= 11 is 0. The van der Waals surface area contributed by atoms with Crippen LogP contribution in [0.5, 0.6) is 0 Å². The van der Waals surface area contributed by atoms with E-state index in [4.69, 9.17) is 4.42 Å². The van der Waals surface area contributed by atoms with Crippen LogP contribution in [0.25, 0.3) is 22.7 Å². The summed E-state index contributed by atoms with van der Waals surface area (Å²) in [5.41, 5.74) is 2.58. The molecular formula is C23H22F3N7O. The minimum Gasteiger partial charge on any atom is -0.415 e. The number of hydrogen-bond donors (Lipinski definition) is 0. The van der Waals surface area contributed by atoms with Crippen LogP contribution in [0.3, 0.4) is 0 Å². The molecule has 0 unspecified atom stereocenters. The first-order chi connectivity index (χ1) is 16.6. The van der Waals surface area contributed by atoms with Crippen LogP contribution in [-0.2, 0) is 13.1 Å². The van der Waals surface area contributed by atoms with Crippen LogP contribution in [0.2, 0.25) is 0 Å². The van der Waals surface area contributed by atoms with Crippen molar-refractivity contribution in [2.75, 3.05) is 13.1 Å². The number of pyridine rings is 1. The molecule has 1 fully saturated rings. The summed E-state index contributed by atoms with van der Waals surface area (Å²) < 4.78 is 47.0. The van der Waals surface area contributed by atoms with Gasteiger partial charge >= 0.3 is 6.43 Å². The van der Waals surface area contributed by atoms with Crippen LogP contribution in [0.1, 0.15) is 42.8 Å². The Labute approximate surface area is 193 Å². The molecule has 1 aliphatic rings. The number of rotatable bonds is 7. The number of nitrogens with zero attached hydrogens (tertiary/aromatic N) is 7. The molecule has 0 aliphatic carbocycles. The van der Waals surface area contributed by atoms with Crippen molar-refractivity contribution in [1.29, 1.82) is 0 Å². The van der Waals surface area contributed by atoms with Crippen molar-refractivity contribution < 1.29 is 17.6 Å². The standard InChI is InChI=1S/C23H22F3N7O/c24-20-16(12-32-9-2-1-3-10-32)5-4-6-18(20)19-14-33(31-28-19)13-17-8-7-15(11-27-17)22-29-30-23(34-22)21(25)26/h4-8,11,14,21H,1-3,9-10,12-13H2. The van der Waals surface area contributed by atoms with Crippen LogP contribution in [0, 0.1) is 5.82 Å². The van der Waals surface area contributed by atoms with Crippen LogP contribution in [0.15, 0.2) is 47.1 Å². The minimum atomic E-state index is -2.83. The molecule has 0 N–H and O–H groups in total. The smallest absolute Gasteiger partial charge is 0.314 e. The van der Waals surface area contributed by atoms with Crippen molar-refractivity contribution in [3.05, 3.63) is 65.7 Å².